The number of carbonyl (C=O) groups excluding carboxylic acids is 1. The molecule has 0 spiro atoms. The lowest BCUT2D eigenvalue weighted by atomic mass is 9.91. The molecular formula is C19H25N3O2. The molecule has 3 heterocycles. The van der Waals surface area contributed by atoms with Crippen LogP contribution in [-0.2, 0) is 17.6 Å². The molecular weight excluding hydrogens is 301 g/mol. The molecule has 1 aromatic heterocycles. The van der Waals surface area contributed by atoms with E-state index in [1.807, 2.05) is 13.1 Å². The summed E-state index contributed by atoms with van der Waals surface area (Å²) in [5.41, 5.74) is 3.90. The Morgan fingerprint density at radius 2 is 2.08 bits per heavy atom. The summed E-state index contributed by atoms with van der Waals surface area (Å²) in [6, 6.07) is 4.07. The van der Waals surface area contributed by atoms with E-state index < -0.39 is 0 Å². The Kier molecular flexibility index (Phi) is 4.04. The zero-order valence-electron chi connectivity index (χ0n) is 14.5. The highest BCUT2D eigenvalue weighted by Crippen LogP contribution is 2.34. The van der Waals surface area contributed by atoms with Crippen molar-refractivity contribution in [3.05, 3.63) is 23.4 Å². The van der Waals surface area contributed by atoms with E-state index in [0.29, 0.717) is 6.42 Å². The number of hydrogen-bond acceptors (Lipinski definition) is 4. The van der Waals surface area contributed by atoms with E-state index in [2.05, 4.69) is 23.0 Å². The van der Waals surface area contributed by atoms with Crippen LogP contribution < -0.4 is 4.90 Å². The van der Waals surface area contributed by atoms with Crippen LogP contribution in [0.1, 0.15) is 37.4 Å². The van der Waals surface area contributed by atoms with Crippen LogP contribution in [0.25, 0.3) is 11.0 Å². The fourth-order valence-corrected chi connectivity index (χ4v) is 4.05. The third-order valence-electron chi connectivity index (χ3n) is 5.77. The van der Waals surface area contributed by atoms with Crippen molar-refractivity contribution in [3.63, 3.8) is 0 Å². The molecule has 5 nitrogen and oxygen atoms in total. The van der Waals surface area contributed by atoms with Crippen molar-refractivity contribution in [2.75, 3.05) is 31.6 Å². The standard InChI is InChI=1S/C19H25N3O2/c1-3-22-8-6-13(7-9-22)4-5-16-15-10-14-11-19(23)21(2)17(14)12-18(15)24-20-16/h10,12-13H,3-9,11H2,1-2H3/i2-1. The highest BCUT2D eigenvalue weighted by atomic mass is 16.5. The molecule has 0 saturated carbocycles. The molecule has 2 aromatic rings. The molecule has 1 amide bonds. The van der Waals surface area contributed by atoms with E-state index in [-0.39, 0.29) is 5.91 Å². The highest BCUT2D eigenvalue weighted by Gasteiger charge is 2.26. The Hall–Kier alpha value is -1.88. The average molecular weight is 326 g/mol. The molecule has 0 unspecified atom stereocenters. The molecule has 1 fully saturated rings. The van der Waals surface area contributed by atoms with E-state index in [4.69, 9.17) is 4.52 Å². The number of likely N-dealkylation sites (tertiary alicyclic amines) is 1. The van der Waals surface area contributed by atoms with Crippen LogP contribution in [0.15, 0.2) is 16.7 Å². The van der Waals surface area contributed by atoms with Crippen molar-refractivity contribution < 1.29 is 9.32 Å². The summed E-state index contributed by atoms with van der Waals surface area (Å²) in [4.78, 5) is 16.1. The van der Waals surface area contributed by atoms with Crippen molar-refractivity contribution in [1.29, 1.82) is 0 Å². The van der Waals surface area contributed by atoms with Gasteiger partial charge in [-0.1, -0.05) is 12.1 Å². The number of carbonyl (C=O) groups is 1. The van der Waals surface area contributed by atoms with Crippen LogP contribution in [0.2, 0.25) is 0 Å². The Balaban J connectivity index is 1.48. The number of rotatable bonds is 4. The van der Waals surface area contributed by atoms with Crippen molar-refractivity contribution in [2.45, 2.75) is 39.0 Å². The predicted molar refractivity (Wildman–Crippen MR) is 94.3 cm³/mol. The van der Waals surface area contributed by atoms with Gasteiger partial charge in [-0.15, -0.1) is 0 Å². The predicted octanol–water partition coefficient (Wildman–Crippen LogP) is 3.01. The van der Waals surface area contributed by atoms with Crippen molar-refractivity contribution in [2.24, 2.45) is 5.92 Å². The summed E-state index contributed by atoms with van der Waals surface area (Å²) in [7, 11) is 1.82. The van der Waals surface area contributed by atoms with Gasteiger partial charge in [-0.05, 0) is 62.9 Å². The van der Waals surface area contributed by atoms with Gasteiger partial charge in [0.05, 0.1) is 17.8 Å². The molecule has 0 N–H and O–H groups in total. The number of nitrogens with zero attached hydrogens (tertiary/aromatic N) is 3. The second-order valence-corrected chi connectivity index (χ2v) is 7.15. The summed E-state index contributed by atoms with van der Waals surface area (Å²) in [5.74, 6) is 0.941. The molecule has 5 heteroatoms. The van der Waals surface area contributed by atoms with E-state index >= 15 is 0 Å². The lowest BCUT2D eigenvalue weighted by molar-refractivity contribution is -0.117. The molecule has 0 bridgehead atoms. The summed E-state index contributed by atoms with van der Waals surface area (Å²) in [6.07, 6.45) is 5.21. The number of aryl methyl sites for hydroxylation is 1. The smallest absolute Gasteiger partial charge is 0.231 e. The average Bonchev–Trinajstić information content (AvgIpc) is 3.12. The van der Waals surface area contributed by atoms with Gasteiger partial charge in [-0.3, -0.25) is 4.79 Å². The Labute approximate surface area is 142 Å². The van der Waals surface area contributed by atoms with Crippen molar-refractivity contribution >= 4 is 22.6 Å². The number of anilines is 1. The second-order valence-electron chi connectivity index (χ2n) is 7.15. The van der Waals surface area contributed by atoms with Crippen LogP contribution in [0.4, 0.5) is 5.69 Å². The number of benzene rings is 1. The molecule has 24 heavy (non-hydrogen) atoms. The first-order valence-electron chi connectivity index (χ1n) is 9.05. The van der Waals surface area contributed by atoms with Crippen LogP contribution in [-0.4, -0.2) is 42.6 Å². The molecule has 128 valence electrons. The first kappa shape index (κ1) is 15.6. The van der Waals surface area contributed by atoms with Crippen LogP contribution in [0.5, 0.6) is 0 Å². The quantitative estimate of drug-likeness (QED) is 0.866. The van der Waals surface area contributed by atoms with Crippen molar-refractivity contribution in [3.8, 4) is 0 Å². The minimum absolute atomic E-state index is 0.148. The molecule has 1 aromatic carbocycles. The third kappa shape index (κ3) is 2.71. The third-order valence-corrected chi connectivity index (χ3v) is 5.77. The SMILES string of the molecule is CCN1CCC(CCc2noc3cc4c(cc23)CC(=O)N4[11CH3])CC1. The van der Waals surface area contributed by atoms with E-state index in [1.165, 1.54) is 38.9 Å². The van der Waals surface area contributed by atoms with Crippen LogP contribution in [0, 0.1) is 5.92 Å². The molecule has 0 atom stereocenters. The number of fused-ring (bicyclic) bond motifs is 2. The van der Waals surface area contributed by atoms with Crippen LogP contribution in [0.3, 0.4) is 0 Å². The van der Waals surface area contributed by atoms with Gasteiger partial charge in [0, 0.05) is 18.5 Å². The van der Waals surface area contributed by atoms with Crippen LogP contribution >= 0.6 is 0 Å². The van der Waals surface area contributed by atoms with Gasteiger partial charge < -0.3 is 14.3 Å². The van der Waals surface area contributed by atoms with Gasteiger partial charge in [-0.25, -0.2) is 0 Å². The molecule has 1 saturated heterocycles. The van der Waals surface area contributed by atoms with E-state index in [9.17, 15) is 4.79 Å². The molecule has 0 aliphatic carbocycles. The Bertz CT molecular complexity index is 759. The van der Waals surface area contributed by atoms with Gasteiger partial charge in [-0.2, -0.15) is 0 Å². The number of likely N-dealkylation sites (N-methyl/N-ethyl adjacent to an activating group) is 1. The maximum Gasteiger partial charge on any atom is 0.231 e. The van der Waals surface area contributed by atoms with Gasteiger partial charge in [0.15, 0.2) is 5.58 Å². The largest absolute Gasteiger partial charge is 0.356 e. The zero-order chi connectivity index (χ0) is 16.7. The van der Waals surface area contributed by atoms with Gasteiger partial charge in [0.2, 0.25) is 5.91 Å². The lowest BCUT2D eigenvalue weighted by Gasteiger charge is -2.30. The summed E-state index contributed by atoms with van der Waals surface area (Å²) < 4.78 is 5.54. The Morgan fingerprint density at radius 1 is 1.29 bits per heavy atom. The fourth-order valence-electron chi connectivity index (χ4n) is 4.05. The molecule has 2 aliphatic rings. The normalized spacial score (nSPS) is 19.4. The first-order chi connectivity index (χ1) is 11.7. The monoisotopic (exact) mass is 326 g/mol. The number of piperidine rings is 1. The minimum Gasteiger partial charge on any atom is -0.356 e. The number of aromatic nitrogens is 1. The summed E-state index contributed by atoms with van der Waals surface area (Å²) in [6.45, 7) is 5.85. The molecule has 2 aliphatic heterocycles. The Morgan fingerprint density at radius 3 is 2.83 bits per heavy atom. The molecule has 0 radical (unpaired) electrons. The zero-order valence-corrected chi connectivity index (χ0v) is 14.5. The fraction of sp³-hybridized carbons (Fsp3) is 0.579. The van der Waals surface area contributed by atoms with E-state index in [1.54, 1.807) is 4.90 Å². The summed E-state index contributed by atoms with van der Waals surface area (Å²) in [5, 5.41) is 5.39. The topological polar surface area (TPSA) is 49.6 Å². The number of hydrogen-bond donors (Lipinski definition) is 0. The maximum absolute atomic E-state index is 11.9. The maximum atomic E-state index is 11.9. The number of amides is 1. The lowest BCUT2D eigenvalue weighted by Crippen LogP contribution is -2.33. The summed E-state index contributed by atoms with van der Waals surface area (Å²) >= 11 is 0. The minimum atomic E-state index is 0.148. The van der Waals surface area contributed by atoms with Gasteiger partial charge >= 0.3 is 0 Å². The van der Waals surface area contributed by atoms with E-state index in [0.717, 1.165) is 40.3 Å². The highest BCUT2D eigenvalue weighted by molar-refractivity contribution is 6.03. The first-order valence-corrected chi connectivity index (χ1v) is 9.05. The second kappa shape index (κ2) is 6.20. The van der Waals surface area contributed by atoms with Crippen molar-refractivity contribution in [1.82, 2.24) is 10.1 Å². The molecule has 4 rings (SSSR count). The van der Waals surface area contributed by atoms with Gasteiger partial charge in [0.1, 0.15) is 0 Å². The van der Waals surface area contributed by atoms with Gasteiger partial charge in [0.25, 0.3) is 0 Å².